The number of hydrogen-bond acceptors (Lipinski definition) is 7. The van der Waals surface area contributed by atoms with Gasteiger partial charge < -0.3 is 14.8 Å². The minimum absolute atomic E-state index is 0.140. The summed E-state index contributed by atoms with van der Waals surface area (Å²) in [5.41, 5.74) is 3.47. The molecule has 0 spiro atoms. The smallest absolute Gasteiger partial charge is 0.188 e. The maximum Gasteiger partial charge on any atom is 0.188 e. The van der Waals surface area contributed by atoms with Crippen molar-refractivity contribution < 1.29 is 9.47 Å². The Hall–Kier alpha value is -2.48. The maximum absolute atomic E-state index is 5.95. The van der Waals surface area contributed by atoms with E-state index >= 15 is 0 Å². The van der Waals surface area contributed by atoms with Gasteiger partial charge in [-0.2, -0.15) is 0 Å². The van der Waals surface area contributed by atoms with Gasteiger partial charge in [0.25, 0.3) is 0 Å². The molecule has 164 valence electrons. The predicted molar refractivity (Wildman–Crippen MR) is 125 cm³/mol. The molecular formula is C24H30N4O2S. The van der Waals surface area contributed by atoms with E-state index in [1.54, 1.807) is 24.6 Å². The fourth-order valence-electron chi connectivity index (χ4n) is 4.05. The third kappa shape index (κ3) is 5.61. The zero-order chi connectivity index (χ0) is 21.6. The van der Waals surface area contributed by atoms with Crippen LogP contribution in [-0.2, 0) is 17.9 Å². The van der Waals surface area contributed by atoms with E-state index in [0.29, 0.717) is 12.6 Å². The van der Waals surface area contributed by atoms with Crippen molar-refractivity contribution in [3.63, 3.8) is 0 Å². The zero-order valence-electron chi connectivity index (χ0n) is 18.4. The number of methoxy groups -OCH3 is 1. The lowest BCUT2D eigenvalue weighted by Crippen LogP contribution is -2.23. The number of likely N-dealkylation sites (tertiary alicyclic amines) is 1. The molecule has 1 saturated heterocycles. The van der Waals surface area contributed by atoms with E-state index in [9.17, 15) is 0 Å². The number of hydrogen-bond donors (Lipinski definition) is 1. The van der Waals surface area contributed by atoms with Crippen LogP contribution in [0.2, 0.25) is 0 Å². The number of benzene rings is 1. The van der Waals surface area contributed by atoms with Crippen LogP contribution in [0.3, 0.4) is 0 Å². The maximum atomic E-state index is 5.95. The second kappa shape index (κ2) is 10.2. The normalized spacial score (nSPS) is 16.7. The molecule has 1 aliphatic heterocycles. The highest BCUT2D eigenvalue weighted by Crippen LogP contribution is 2.34. The number of thiazole rings is 1. The van der Waals surface area contributed by atoms with E-state index in [-0.39, 0.29) is 6.10 Å². The van der Waals surface area contributed by atoms with Gasteiger partial charge >= 0.3 is 0 Å². The summed E-state index contributed by atoms with van der Waals surface area (Å²) < 4.78 is 11.4. The molecule has 1 aliphatic rings. The van der Waals surface area contributed by atoms with Crippen LogP contribution in [0.1, 0.15) is 49.6 Å². The molecule has 2 aromatic heterocycles. The van der Waals surface area contributed by atoms with Crippen molar-refractivity contribution in [3.05, 3.63) is 64.8 Å². The van der Waals surface area contributed by atoms with Crippen LogP contribution in [0.5, 0.6) is 5.75 Å². The molecule has 1 aromatic carbocycles. The largest absolute Gasteiger partial charge is 0.491 e. The fraction of sp³-hybridized carbons (Fsp3) is 0.417. The number of nitrogens with one attached hydrogen (secondary N) is 1. The average Bonchev–Trinajstić information content (AvgIpc) is 3.42. The minimum Gasteiger partial charge on any atom is -0.491 e. The van der Waals surface area contributed by atoms with Crippen LogP contribution in [0, 0.1) is 0 Å². The van der Waals surface area contributed by atoms with E-state index in [1.807, 2.05) is 25.3 Å². The average molecular weight is 439 g/mol. The van der Waals surface area contributed by atoms with E-state index in [0.717, 1.165) is 47.5 Å². The van der Waals surface area contributed by atoms with Gasteiger partial charge in [0, 0.05) is 30.8 Å². The van der Waals surface area contributed by atoms with Gasteiger partial charge in [0.05, 0.1) is 24.4 Å². The Kier molecular flexibility index (Phi) is 7.17. The molecule has 1 atom stereocenters. The molecule has 0 bridgehead atoms. The molecule has 3 aromatic rings. The van der Waals surface area contributed by atoms with Crippen molar-refractivity contribution in [2.24, 2.45) is 0 Å². The van der Waals surface area contributed by atoms with Gasteiger partial charge in [-0.1, -0.05) is 12.1 Å². The molecule has 0 amide bonds. The molecule has 0 radical (unpaired) electrons. The molecule has 1 fully saturated rings. The van der Waals surface area contributed by atoms with Crippen molar-refractivity contribution in [2.75, 3.05) is 19.0 Å². The molecule has 7 heteroatoms. The van der Waals surface area contributed by atoms with Gasteiger partial charge in [-0.05, 0) is 63.1 Å². The van der Waals surface area contributed by atoms with E-state index in [2.05, 4.69) is 45.5 Å². The Morgan fingerprint density at radius 1 is 1.26 bits per heavy atom. The van der Waals surface area contributed by atoms with Crippen LogP contribution < -0.4 is 10.1 Å². The molecule has 31 heavy (non-hydrogen) atoms. The highest BCUT2D eigenvalue weighted by atomic mass is 32.1. The zero-order valence-corrected chi connectivity index (χ0v) is 19.2. The molecule has 3 heterocycles. The summed E-state index contributed by atoms with van der Waals surface area (Å²) in [6.07, 6.45) is 4.23. The number of nitrogens with zero attached hydrogens (tertiary/aromatic N) is 3. The molecule has 0 saturated carbocycles. The summed E-state index contributed by atoms with van der Waals surface area (Å²) in [5, 5.41) is 6.13. The van der Waals surface area contributed by atoms with Crippen LogP contribution in [-0.4, -0.2) is 34.6 Å². The highest BCUT2D eigenvalue weighted by molar-refractivity contribution is 7.13. The molecular weight excluding hydrogens is 408 g/mol. The first kappa shape index (κ1) is 21.7. The molecule has 4 rings (SSSR count). The quantitative estimate of drug-likeness (QED) is 0.472. The molecule has 0 unspecified atom stereocenters. The number of ether oxygens (including phenoxy) is 2. The topological polar surface area (TPSA) is 59.5 Å². The SMILES string of the molecule is COCc1cc(CN2CCC[C@H]2c2cccc(Nc3nccs3)n2)ccc1OC(C)C. The second-order valence-electron chi connectivity index (χ2n) is 8.08. The summed E-state index contributed by atoms with van der Waals surface area (Å²) >= 11 is 1.57. The van der Waals surface area contributed by atoms with Gasteiger partial charge in [-0.3, -0.25) is 4.90 Å². The Morgan fingerprint density at radius 3 is 2.94 bits per heavy atom. The van der Waals surface area contributed by atoms with Gasteiger partial charge in [0.15, 0.2) is 5.13 Å². The lowest BCUT2D eigenvalue weighted by molar-refractivity contribution is 0.174. The first-order valence-corrected chi connectivity index (χ1v) is 11.7. The summed E-state index contributed by atoms with van der Waals surface area (Å²) in [6, 6.07) is 13.0. The summed E-state index contributed by atoms with van der Waals surface area (Å²) in [7, 11) is 1.72. The van der Waals surface area contributed by atoms with Crippen LogP contribution in [0.25, 0.3) is 0 Å². The summed E-state index contributed by atoms with van der Waals surface area (Å²) in [5.74, 6) is 1.75. The number of anilines is 2. The van der Waals surface area contributed by atoms with Crippen molar-refractivity contribution in [2.45, 2.75) is 52.0 Å². The predicted octanol–water partition coefficient (Wildman–Crippen LogP) is 5.55. The van der Waals surface area contributed by atoms with Crippen molar-refractivity contribution in [1.29, 1.82) is 0 Å². The van der Waals surface area contributed by atoms with Gasteiger partial charge in [0.2, 0.25) is 0 Å². The second-order valence-corrected chi connectivity index (χ2v) is 8.97. The molecule has 1 N–H and O–H groups in total. The monoisotopic (exact) mass is 438 g/mol. The fourth-order valence-corrected chi connectivity index (χ4v) is 4.59. The van der Waals surface area contributed by atoms with E-state index < -0.39 is 0 Å². The first-order valence-electron chi connectivity index (χ1n) is 10.8. The molecule has 6 nitrogen and oxygen atoms in total. The Morgan fingerprint density at radius 2 is 2.16 bits per heavy atom. The summed E-state index contributed by atoms with van der Waals surface area (Å²) in [4.78, 5) is 11.7. The third-order valence-electron chi connectivity index (χ3n) is 5.32. The molecule has 0 aliphatic carbocycles. The lowest BCUT2D eigenvalue weighted by atomic mass is 10.1. The van der Waals surface area contributed by atoms with Gasteiger partial charge in [0.1, 0.15) is 11.6 Å². The third-order valence-corrected chi connectivity index (χ3v) is 6.00. The van der Waals surface area contributed by atoms with E-state index in [4.69, 9.17) is 14.5 Å². The number of pyridine rings is 1. The number of rotatable bonds is 9. The lowest BCUT2D eigenvalue weighted by Gasteiger charge is -2.25. The Labute approximate surface area is 188 Å². The van der Waals surface area contributed by atoms with Crippen LogP contribution in [0.4, 0.5) is 10.9 Å². The van der Waals surface area contributed by atoms with Gasteiger partial charge in [-0.25, -0.2) is 9.97 Å². The van der Waals surface area contributed by atoms with Crippen molar-refractivity contribution in [1.82, 2.24) is 14.9 Å². The van der Waals surface area contributed by atoms with Gasteiger partial charge in [-0.15, -0.1) is 11.3 Å². The number of aromatic nitrogens is 2. The van der Waals surface area contributed by atoms with E-state index in [1.165, 1.54) is 12.0 Å². The van der Waals surface area contributed by atoms with Crippen molar-refractivity contribution in [3.8, 4) is 5.75 Å². The Bertz CT molecular complexity index is 977. The standard InChI is InChI=1S/C24H30N4O2S/c1-17(2)30-22-10-9-18(14-19(22)16-29-3)15-28-12-5-7-21(28)20-6-4-8-23(26-20)27-24-25-11-13-31-24/h4,6,8-11,13-14,17,21H,5,7,12,15-16H2,1-3H3,(H,25,26,27)/t21-/m0/s1. The van der Waals surface area contributed by atoms with Crippen LogP contribution >= 0.6 is 11.3 Å². The Balaban J connectivity index is 1.49. The summed E-state index contributed by atoms with van der Waals surface area (Å²) in [6.45, 7) is 6.59. The highest BCUT2D eigenvalue weighted by Gasteiger charge is 2.27. The first-order chi connectivity index (χ1) is 15.1. The van der Waals surface area contributed by atoms with Crippen molar-refractivity contribution >= 4 is 22.3 Å². The van der Waals surface area contributed by atoms with Crippen LogP contribution in [0.15, 0.2) is 48.0 Å². The minimum atomic E-state index is 0.140.